The normalized spacial score (nSPS) is 23.1. The Bertz CT molecular complexity index is 657. The molecule has 0 spiro atoms. The molecule has 0 amide bonds. The number of rotatable bonds is 4. The van der Waals surface area contributed by atoms with E-state index in [2.05, 4.69) is 9.71 Å². The molecule has 1 saturated heterocycles. The fraction of sp³-hybridized carbons (Fsp3) is 0.643. The minimum atomic E-state index is -4.46. The summed E-state index contributed by atoms with van der Waals surface area (Å²) < 4.78 is 64.3. The zero-order valence-electron chi connectivity index (χ0n) is 12.4. The molecule has 9 heteroatoms. The molecule has 23 heavy (non-hydrogen) atoms. The summed E-state index contributed by atoms with van der Waals surface area (Å²) >= 11 is 0. The van der Waals surface area contributed by atoms with E-state index < -0.39 is 21.9 Å². The van der Waals surface area contributed by atoms with Gasteiger partial charge in [-0.3, -0.25) is 0 Å². The Morgan fingerprint density at radius 2 is 1.96 bits per heavy atom. The van der Waals surface area contributed by atoms with Crippen molar-refractivity contribution >= 4 is 15.7 Å². The van der Waals surface area contributed by atoms with Gasteiger partial charge in [-0.2, -0.15) is 13.2 Å². The summed E-state index contributed by atoms with van der Waals surface area (Å²) in [5, 5.41) is -0.273. The van der Waals surface area contributed by atoms with Gasteiger partial charge in [0, 0.05) is 19.1 Å². The predicted molar refractivity (Wildman–Crippen MR) is 79.6 cm³/mol. The Morgan fingerprint density at radius 3 is 2.52 bits per heavy atom. The highest BCUT2D eigenvalue weighted by Crippen LogP contribution is 2.30. The number of piperidine rings is 1. The second-order valence-corrected chi connectivity index (χ2v) is 8.04. The molecule has 2 heterocycles. The fourth-order valence-corrected chi connectivity index (χ4v) is 4.36. The van der Waals surface area contributed by atoms with Crippen molar-refractivity contribution in [1.82, 2.24) is 9.71 Å². The summed E-state index contributed by atoms with van der Waals surface area (Å²) in [5.74, 6) is 0. The molecule has 128 valence electrons. The highest BCUT2D eigenvalue weighted by Gasteiger charge is 2.38. The standard InChI is InChI=1S/C14H18F3N3O2S/c15-14(16,17)13-6-3-11(8-18-13)20-7-1-2-10(9-20)19-23(21,22)12-4-5-12/h3,6,8,10,12,19H,1-2,4-5,7,9H2. The number of halogens is 3. The summed E-state index contributed by atoms with van der Waals surface area (Å²) in [5.41, 5.74) is -0.349. The summed E-state index contributed by atoms with van der Waals surface area (Å²) in [6.45, 7) is 1.12. The predicted octanol–water partition coefficient (Wildman–Crippen LogP) is 2.15. The first kappa shape index (κ1) is 16.5. The monoisotopic (exact) mass is 349 g/mol. The van der Waals surface area contributed by atoms with Gasteiger partial charge in [0.1, 0.15) is 5.69 Å². The summed E-state index contributed by atoms with van der Waals surface area (Å²) in [4.78, 5) is 5.33. The summed E-state index contributed by atoms with van der Waals surface area (Å²) in [6, 6.07) is 2.12. The van der Waals surface area contributed by atoms with Gasteiger partial charge in [-0.25, -0.2) is 18.1 Å². The number of nitrogens with zero attached hydrogens (tertiary/aromatic N) is 2. The van der Waals surface area contributed by atoms with Crippen molar-refractivity contribution in [3.8, 4) is 0 Å². The molecule has 1 N–H and O–H groups in total. The Hall–Kier alpha value is -1.35. The molecule has 0 radical (unpaired) electrons. The van der Waals surface area contributed by atoms with Crippen LogP contribution in [0.3, 0.4) is 0 Å². The molecule has 1 aromatic heterocycles. The summed E-state index contributed by atoms with van der Waals surface area (Å²) in [6.07, 6.45) is -0.345. The third-order valence-electron chi connectivity index (χ3n) is 4.12. The average Bonchev–Trinajstić information content (AvgIpc) is 3.31. The second-order valence-electron chi connectivity index (χ2n) is 6.05. The van der Waals surface area contributed by atoms with Gasteiger partial charge in [-0.05, 0) is 37.8 Å². The molecule has 2 fully saturated rings. The van der Waals surface area contributed by atoms with Gasteiger partial charge >= 0.3 is 6.18 Å². The Balaban J connectivity index is 1.66. The molecular weight excluding hydrogens is 331 g/mol. The Labute approximate surface area is 132 Å². The Morgan fingerprint density at radius 1 is 1.22 bits per heavy atom. The van der Waals surface area contributed by atoms with Crippen LogP contribution >= 0.6 is 0 Å². The maximum atomic E-state index is 12.5. The molecule has 5 nitrogen and oxygen atoms in total. The largest absolute Gasteiger partial charge is 0.433 e. The van der Waals surface area contributed by atoms with E-state index in [1.807, 2.05) is 4.90 Å². The highest BCUT2D eigenvalue weighted by molar-refractivity contribution is 7.90. The molecule has 0 aromatic carbocycles. The van der Waals surface area contributed by atoms with Crippen molar-refractivity contribution in [2.45, 2.75) is 43.2 Å². The Kier molecular flexibility index (Phi) is 4.26. The minimum absolute atomic E-state index is 0.211. The van der Waals surface area contributed by atoms with Crippen LogP contribution in [0.1, 0.15) is 31.4 Å². The maximum absolute atomic E-state index is 12.5. The van der Waals surface area contributed by atoms with Crippen molar-refractivity contribution in [2.24, 2.45) is 0 Å². The van der Waals surface area contributed by atoms with Gasteiger partial charge in [0.2, 0.25) is 10.0 Å². The van der Waals surface area contributed by atoms with E-state index in [4.69, 9.17) is 0 Å². The van der Waals surface area contributed by atoms with Crippen LogP contribution in [-0.2, 0) is 16.2 Å². The van der Waals surface area contributed by atoms with Gasteiger partial charge in [-0.15, -0.1) is 0 Å². The van der Waals surface area contributed by atoms with Crippen LogP contribution in [0.4, 0.5) is 18.9 Å². The van der Waals surface area contributed by atoms with Crippen LogP contribution in [0, 0.1) is 0 Å². The van der Waals surface area contributed by atoms with Crippen LogP contribution in [0.5, 0.6) is 0 Å². The molecule has 0 bridgehead atoms. The molecule has 3 rings (SSSR count). The zero-order valence-corrected chi connectivity index (χ0v) is 13.2. The van der Waals surface area contributed by atoms with E-state index >= 15 is 0 Å². The molecule has 1 aliphatic heterocycles. The number of aromatic nitrogens is 1. The maximum Gasteiger partial charge on any atom is 0.433 e. The molecule has 1 unspecified atom stereocenters. The molecule has 1 aromatic rings. The van der Waals surface area contributed by atoms with E-state index in [0.29, 0.717) is 31.6 Å². The topological polar surface area (TPSA) is 62.3 Å². The fourth-order valence-electron chi connectivity index (χ4n) is 2.76. The molecular formula is C14H18F3N3O2S. The van der Waals surface area contributed by atoms with Crippen LogP contribution < -0.4 is 9.62 Å². The average molecular weight is 349 g/mol. The second kappa shape index (κ2) is 5.94. The number of sulfonamides is 1. The van der Waals surface area contributed by atoms with E-state index in [0.717, 1.165) is 18.9 Å². The lowest BCUT2D eigenvalue weighted by molar-refractivity contribution is -0.141. The highest BCUT2D eigenvalue weighted by atomic mass is 32.2. The van der Waals surface area contributed by atoms with Crippen LogP contribution in [0.25, 0.3) is 0 Å². The quantitative estimate of drug-likeness (QED) is 0.905. The van der Waals surface area contributed by atoms with E-state index in [1.54, 1.807) is 0 Å². The number of pyridine rings is 1. The smallest absolute Gasteiger partial charge is 0.369 e. The van der Waals surface area contributed by atoms with Crippen molar-refractivity contribution in [2.75, 3.05) is 18.0 Å². The number of nitrogens with one attached hydrogen (secondary N) is 1. The van der Waals surface area contributed by atoms with E-state index in [1.165, 1.54) is 12.3 Å². The van der Waals surface area contributed by atoms with Gasteiger partial charge in [-0.1, -0.05) is 0 Å². The summed E-state index contributed by atoms with van der Waals surface area (Å²) in [7, 11) is -3.26. The molecule has 2 aliphatic rings. The van der Waals surface area contributed by atoms with Crippen molar-refractivity contribution in [3.63, 3.8) is 0 Å². The minimum Gasteiger partial charge on any atom is -0.369 e. The van der Waals surface area contributed by atoms with Crippen LogP contribution in [0.2, 0.25) is 0 Å². The van der Waals surface area contributed by atoms with E-state index in [9.17, 15) is 21.6 Å². The van der Waals surface area contributed by atoms with Crippen molar-refractivity contribution in [1.29, 1.82) is 0 Å². The lowest BCUT2D eigenvalue weighted by atomic mass is 10.1. The van der Waals surface area contributed by atoms with Gasteiger partial charge < -0.3 is 4.90 Å². The van der Waals surface area contributed by atoms with Gasteiger partial charge in [0.15, 0.2) is 0 Å². The number of hydrogen-bond donors (Lipinski definition) is 1. The third kappa shape index (κ3) is 3.95. The number of alkyl halides is 3. The number of hydrogen-bond acceptors (Lipinski definition) is 4. The molecule has 1 atom stereocenters. The first-order valence-electron chi connectivity index (χ1n) is 7.55. The lowest BCUT2D eigenvalue weighted by Gasteiger charge is -2.34. The zero-order chi connectivity index (χ0) is 16.7. The third-order valence-corrected chi connectivity index (χ3v) is 6.13. The van der Waals surface area contributed by atoms with Gasteiger partial charge in [0.05, 0.1) is 17.1 Å². The first-order valence-corrected chi connectivity index (χ1v) is 9.10. The van der Waals surface area contributed by atoms with E-state index in [-0.39, 0.29) is 11.3 Å². The molecule has 1 saturated carbocycles. The van der Waals surface area contributed by atoms with Crippen molar-refractivity contribution < 1.29 is 21.6 Å². The molecule has 1 aliphatic carbocycles. The lowest BCUT2D eigenvalue weighted by Crippen LogP contribution is -2.48. The van der Waals surface area contributed by atoms with Crippen molar-refractivity contribution in [3.05, 3.63) is 24.0 Å². The van der Waals surface area contributed by atoms with Gasteiger partial charge in [0.25, 0.3) is 0 Å². The first-order chi connectivity index (χ1) is 10.8. The number of anilines is 1. The SMILES string of the molecule is O=S(=O)(NC1CCCN(c2ccc(C(F)(F)F)nc2)C1)C1CC1. The van der Waals surface area contributed by atoms with Crippen LogP contribution in [-0.4, -0.2) is 37.8 Å². The van der Waals surface area contributed by atoms with Crippen LogP contribution in [0.15, 0.2) is 18.3 Å².